The van der Waals surface area contributed by atoms with E-state index >= 15 is 0 Å². The van der Waals surface area contributed by atoms with E-state index in [-0.39, 0.29) is 12.1 Å². The topological polar surface area (TPSA) is 26.7 Å². The molecule has 3 nitrogen and oxygen atoms in total. The average Bonchev–Trinajstić information content (AvgIpc) is 2.70. The molecule has 1 aliphatic rings. The van der Waals surface area contributed by atoms with Gasteiger partial charge >= 0.3 is 0 Å². The van der Waals surface area contributed by atoms with E-state index < -0.39 is 0 Å². The zero-order valence-electron chi connectivity index (χ0n) is 15.6. The van der Waals surface area contributed by atoms with Crippen molar-refractivity contribution >= 4 is 28.9 Å². The molecule has 0 radical (unpaired) electrons. The van der Waals surface area contributed by atoms with Gasteiger partial charge in [0.2, 0.25) is 0 Å². The van der Waals surface area contributed by atoms with E-state index in [1.165, 1.54) is 10.6 Å². The molecular formula is C23H22Cl2N2O. The summed E-state index contributed by atoms with van der Waals surface area (Å²) in [6, 6.07) is 23.6. The SMILES string of the molecule is Cc1ccc(N2C[C@H](c3ccc(Cl)cc3)N(O)[C@H](c3ccc(Cl)cc3)C2)cc1. The molecule has 0 aliphatic carbocycles. The van der Waals surface area contributed by atoms with Crippen molar-refractivity contribution in [3.63, 3.8) is 0 Å². The van der Waals surface area contributed by atoms with Crippen LogP contribution < -0.4 is 4.90 Å². The average molecular weight is 413 g/mol. The molecule has 0 unspecified atom stereocenters. The van der Waals surface area contributed by atoms with Gasteiger partial charge in [-0.3, -0.25) is 0 Å². The number of halogens is 2. The number of rotatable bonds is 3. The van der Waals surface area contributed by atoms with Crippen molar-refractivity contribution in [1.82, 2.24) is 5.06 Å². The molecule has 0 saturated carbocycles. The van der Waals surface area contributed by atoms with Crippen molar-refractivity contribution in [2.24, 2.45) is 0 Å². The summed E-state index contributed by atoms with van der Waals surface area (Å²) in [5.41, 5.74) is 4.44. The van der Waals surface area contributed by atoms with Crippen molar-refractivity contribution in [3.05, 3.63) is 99.5 Å². The van der Waals surface area contributed by atoms with Gasteiger partial charge < -0.3 is 10.1 Å². The molecular weight excluding hydrogens is 391 g/mol. The van der Waals surface area contributed by atoms with Gasteiger partial charge in [-0.15, -0.1) is 0 Å². The summed E-state index contributed by atoms with van der Waals surface area (Å²) >= 11 is 12.1. The number of anilines is 1. The summed E-state index contributed by atoms with van der Waals surface area (Å²) in [4.78, 5) is 2.32. The first kappa shape index (κ1) is 19.3. The number of hydrogen-bond donors (Lipinski definition) is 1. The quantitative estimate of drug-likeness (QED) is 0.546. The Morgan fingerprint density at radius 3 is 1.57 bits per heavy atom. The van der Waals surface area contributed by atoms with Crippen molar-refractivity contribution in [1.29, 1.82) is 0 Å². The normalized spacial score (nSPS) is 20.4. The van der Waals surface area contributed by atoms with E-state index in [2.05, 4.69) is 36.1 Å². The lowest BCUT2D eigenvalue weighted by atomic mass is 9.96. The lowest BCUT2D eigenvalue weighted by molar-refractivity contribution is -0.170. The van der Waals surface area contributed by atoms with Crippen LogP contribution >= 0.6 is 23.2 Å². The van der Waals surface area contributed by atoms with Gasteiger partial charge in [-0.05, 0) is 54.4 Å². The fraction of sp³-hybridized carbons (Fsp3) is 0.217. The summed E-state index contributed by atoms with van der Waals surface area (Å²) in [5.74, 6) is 0. The Morgan fingerprint density at radius 1 is 0.714 bits per heavy atom. The van der Waals surface area contributed by atoms with Gasteiger partial charge in [0.1, 0.15) is 0 Å². The minimum atomic E-state index is -0.173. The summed E-state index contributed by atoms with van der Waals surface area (Å²) in [6.07, 6.45) is 0. The molecule has 2 atom stereocenters. The molecule has 3 aromatic rings. The molecule has 1 heterocycles. The van der Waals surface area contributed by atoms with E-state index in [1.807, 2.05) is 48.5 Å². The number of hydroxylamine groups is 2. The largest absolute Gasteiger partial charge is 0.368 e. The van der Waals surface area contributed by atoms with E-state index in [0.717, 1.165) is 16.8 Å². The molecule has 5 heteroatoms. The first-order valence-electron chi connectivity index (χ1n) is 9.31. The van der Waals surface area contributed by atoms with Crippen LogP contribution in [0.25, 0.3) is 0 Å². The Kier molecular flexibility index (Phi) is 5.61. The van der Waals surface area contributed by atoms with Crippen LogP contribution in [0.15, 0.2) is 72.8 Å². The van der Waals surface area contributed by atoms with Crippen LogP contribution in [0, 0.1) is 6.92 Å². The summed E-state index contributed by atoms with van der Waals surface area (Å²) in [6.45, 7) is 3.46. The van der Waals surface area contributed by atoms with E-state index in [9.17, 15) is 5.21 Å². The molecule has 0 spiro atoms. The second-order valence-corrected chi connectivity index (χ2v) is 8.13. The molecule has 1 saturated heterocycles. The number of benzene rings is 3. The van der Waals surface area contributed by atoms with Crippen LogP contribution in [0.1, 0.15) is 28.8 Å². The van der Waals surface area contributed by atoms with Gasteiger partial charge in [0.05, 0.1) is 12.1 Å². The Morgan fingerprint density at radius 2 is 1.14 bits per heavy atom. The van der Waals surface area contributed by atoms with Gasteiger partial charge in [-0.2, -0.15) is 5.06 Å². The fourth-order valence-electron chi connectivity index (χ4n) is 3.73. The predicted octanol–water partition coefficient (Wildman–Crippen LogP) is 6.30. The Balaban J connectivity index is 1.71. The minimum absolute atomic E-state index is 0.173. The number of aryl methyl sites for hydroxylation is 1. The summed E-state index contributed by atoms with van der Waals surface area (Å²) < 4.78 is 0. The molecule has 1 fully saturated rings. The highest BCUT2D eigenvalue weighted by Gasteiger charge is 2.35. The highest BCUT2D eigenvalue weighted by atomic mass is 35.5. The third-order valence-electron chi connectivity index (χ3n) is 5.33. The maximum Gasteiger partial charge on any atom is 0.0782 e. The Labute approximate surface area is 175 Å². The van der Waals surface area contributed by atoms with Crippen molar-refractivity contribution in [2.45, 2.75) is 19.0 Å². The number of nitrogens with zero attached hydrogens (tertiary/aromatic N) is 2. The molecule has 144 valence electrons. The molecule has 3 aromatic carbocycles. The minimum Gasteiger partial charge on any atom is -0.368 e. The monoisotopic (exact) mass is 412 g/mol. The van der Waals surface area contributed by atoms with Crippen molar-refractivity contribution in [2.75, 3.05) is 18.0 Å². The van der Waals surface area contributed by atoms with E-state index in [0.29, 0.717) is 23.1 Å². The predicted molar refractivity (Wildman–Crippen MR) is 115 cm³/mol. The highest BCUT2D eigenvalue weighted by Crippen LogP contribution is 2.37. The Hall–Kier alpha value is -2.04. The van der Waals surface area contributed by atoms with Gasteiger partial charge in [-0.1, -0.05) is 65.2 Å². The second kappa shape index (κ2) is 8.14. The third-order valence-corrected chi connectivity index (χ3v) is 5.84. The highest BCUT2D eigenvalue weighted by molar-refractivity contribution is 6.30. The lowest BCUT2D eigenvalue weighted by Gasteiger charge is -2.45. The van der Waals surface area contributed by atoms with Crippen LogP contribution in [0.3, 0.4) is 0 Å². The molecule has 1 N–H and O–H groups in total. The zero-order valence-corrected chi connectivity index (χ0v) is 17.1. The molecule has 0 amide bonds. The first-order valence-corrected chi connectivity index (χ1v) is 10.1. The van der Waals surface area contributed by atoms with E-state index in [4.69, 9.17) is 23.2 Å². The van der Waals surface area contributed by atoms with Crippen LogP contribution in [-0.4, -0.2) is 23.4 Å². The maximum atomic E-state index is 11.1. The third kappa shape index (κ3) is 4.03. The number of hydrogen-bond acceptors (Lipinski definition) is 3. The van der Waals surface area contributed by atoms with Gasteiger partial charge in [-0.25, -0.2) is 0 Å². The van der Waals surface area contributed by atoms with Crippen molar-refractivity contribution < 1.29 is 5.21 Å². The van der Waals surface area contributed by atoms with Crippen LogP contribution in [-0.2, 0) is 0 Å². The van der Waals surface area contributed by atoms with Crippen LogP contribution in [0.2, 0.25) is 10.0 Å². The molecule has 0 bridgehead atoms. The zero-order chi connectivity index (χ0) is 19.7. The fourth-order valence-corrected chi connectivity index (χ4v) is 3.98. The Bertz CT molecular complexity index is 871. The lowest BCUT2D eigenvalue weighted by Crippen LogP contribution is -2.49. The van der Waals surface area contributed by atoms with Gasteiger partial charge in [0.25, 0.3) is 0 Å². The first-order chi connectivity index (χ1) is 13.5. The summed E-state index contributed by atoms with van der Waals surface area (Å²) in [7, 11) is 0. The second-order valence-electron chi connectivity index (χ2n) is 7.26. The molecule has 28 heavy (non-hydrogen) atoms. The van der Waals surface area contributed by atoms with Crippen LogP contribution in [0.4, 0.5) is 5.69 Å². The van der Waals surface area contributed by atoms with Crippen molar-refractivity contribution in [3.8, 4) is 0 Å². The van der Waals surface area contributed by atoms with Gasteiger partial charge in [0.15, 0.2) is 0 Å². The molecule has 4 rings (SSSR count). The molecule has 1 aliphatic heterocycles. The van der Waals surface area contributed by atoms with Gasteiger partial charge in [0, 0.05) is 28.8 Å². The molecule has 0 aromatic heterocycles. The smallest absolute Gasteiger partial charge is 0.0782 e. The number of piperazine rings is 1. The van der Waals surface area contributed by atoms with E-state index in [1.54, 1.807) is 0 Å². The summed E-state index contributed by atoms with van der Waals surface area (Å²) in [5, 5.41) is 14.0. The standard InChI is InChI=1S/C23H22Cl2N2O/c1-16-2-12-21(13-3-16)26-14-22(17-4-8-19(24)9-5-17)27(28)23(15-26)18-6-10-20(25)11-7-18/h2-13,22-23,28H,14-15H2,1H3/t22-,23+. The maximum absolute atomic E-state index is 11.1. The van der Waals surface area contributed by atoms with Crippen LogP contribution in [0.5, 0.6) is 0 Å².